The molecule has 3 rings (SSSR count). The lowest BCUT2D eigenvalue weighted by atomic mass is 10.1. The van der Waals surface area contributed by atoms with Gasteiger partial charge in [-0.15, -0.1) is 0 Å². The largest absolute Gasteiger partial charge is 0.484 e. The van der Waals surface area contributed by atoms with Crippen LogP contribution in [0.4, 0.5) is 0 Å². The Morgan fingerprint density at radius 3 is 2.75 bits per heavy atom. The average Bonchev–Trinajstić information content (AvgIpc) is 3.15. The van der Waals surface area contributed by atoms with Crippen molar-refractivity contribution in [2.24, 2.45) is 0 Å². The van der Waals surface area contributed by atoms with Crippen LogP contribution < -0.4 is 10.1 Å². The van der Waals surface area contributed by atoms with E-state index in [1.54, 1.807) is 18.4 Å². The number of hydrogen-bond donors (Lipinski definition) is 1. The molecule has 0 fully saturated rings. The van der Waals surface area contributed by atoms with Crippen LogP contribution in [0.25, 0.3) is 10.8 Å². The number of hydrogen-bond acceptors (Lipinski definition) is 4. The third-order valence-corrected chi connectivity index (χ3v) is 4.48. The van der Waals surface area contributed by atoms with Crippen molar-refractivity contribution in [3.63, 3.8) is 0 Å². The number of carbonyl (C=O) groups is 1. The Morgan fingerprint density at radius 2 is 2.00 bits per heavy atom. The molecule has 124 valence electrons. The van der Waals surface area contributed by atoms with E-state index in [0.29, 0.717) is 12.3 Å². The van der Waals surface area contributed by atoms with Crippen LogP contribution in [0.3, 0.4) is 0 Å². The maximum Gasteiger partial charge on any atom is 0.258 e. The predicted octanol–water partition coefficient (Wildman–Crippen LogP) is 3.78. The van der Waals surface area contributed by atoms with Gasteiger partial charge in [-0.05, 0) is 45.3 Å². The van der Waals surface area contributed by atoms with Crippen molar-refractivity contribution in [1.82, 2.24) is 5.32 Å². The van der Waals surface area contributed by atoms with Crippen LogP contribution in [-0.2, 0) is 9.53 Å². The van der Waals surface area contributed by atoms with Crippen molar-refractivity contribution in [2.45, 2.75) is 6.10 Å². The summed E-state index contributed by atoms with van der Waals surface area (Å²) in [7, 11) is 1.64. The molecular weight excluding hydrogens is 322 g/mol. The van der Waals surface area contributed by atoms with Crippen molar-refractivity contribution in [3.05, 3.63) is 64.9 Å². The van der Waals surface area contributed by atoms with Gasteiger partial charge in [0.15, 0.2) is 6.61 Å². The molecule has 1 heterocycles. The number of benzene rings is 2. The Bertz CT molecular complexity index is 801. The highest BCUT2D eigenvalue weighted by Crippen LogP contribution is 2.21. The van der Waals surface area contributed by atoms with Gasteiger partial charge < -0.3 is 14.8 Å². The first-order valence-electron chi connectivity index (χ1n) is 7.69. The molecule has 4 nitrogen and oxygen atoms in total. The SMILES string of the molecule is COC(CNC(=O)COc1ccc2ccccc2c1)c1ccsc1. The summed E-state index contributed by atoms with van der Waals surface area (Å²) < 4.78 is 11.0. The maximum absolute atomic E-state index is 12.0. The quantitative estimate of drug-likeness (QED) is 0.711. The number of carbonyl (C=O) groups excluding carboxylic acids is 1. The fourth-order valence-electron chi connectivity index (χ4n) is 2.46. The first-order valence-corrected chi connectivity index (χ1v) is 8.64. The van der Waals surface area contributed by atoms with Gasteiger partial charge in [0.25, 0.3) is 5.91 Å². The monoisotopic (exact) mass is 341 g/mol. The highest BCUT2D eigenvalue weighted by molar-refractivity contribution is 7.07. The Hall–Kier alpha value is -2.37. The van der Waals surface area contributed by atoms with Crippen LogP contribution in [-0.4, -0.2) is 26.2 Å². The molecule has 0 spiro atoms. The van der Waals surface area contributed by atoms with Crippen LogP contribution in [0.1, 0.15) is 11.7 Å². The topological polar surface area (TPSA) is 47.6 Å². The van der Waals surface area contributed by atoms with Gasteiger partial charge in [-0.1, -0.05) is 30.3 Å². The fourth-order valence-corrected chi connectivity index (χ4v) is 3.16. The second-order valence-corrected chi connectivity index (χ2v) is 6.16. The number of methoxy groups -OCH3 is 1. The molecule has 1 aromatic heterocycles. The van der Waals surface area contributed by atoms with Crippen molar-refractivity contribution in [3.8, 4) is 5.75 Å². The molecule has 1 atom stereocenters. The van der Waals surface area contributed by atoms with Gasteiger partial charge in [0, 0.05) is 13.7 Å². The summed E-state index contributed by atoms with van der Waals surface area (Å²) in [6.45, 7) is 0.408. The van der Waals surface area contributed by atoms with Crippen LogP contribution >= 0.6 is 11.3 Å². The van der Waals surface area contributed by atoms with Gasteiger partial charge in [0.2, 0.25) is 0 Å². The Morgan fingerprint density at radius 1 is 1.17 bits per heavy atom. The predicted molar refractivity (Wildman–Crippen MR) is 96.5 cm³/mol. The third kappa shape index (κ3) is 4.13. The normalized spacial score (nSPS) is 12.0. The summed E-state index contributed by atoms with van der Waals surface area (Å²) in [5.74, 6) is 0.519. The van der Waals surface area contributed by atoms with Crippen LogP contribution in [0, 0.1) is 0 Å². The van der Waals surface area contributed by atoms with E-state index in [1.807, 2.05) is 59.3 Å². The van der Waals surface area contributed by atoms with Crippen LogP contribution in [0.2, 0.25) is 0 Å². The van der Waals surface area contributed by atoms with Crippen molar-refractivity contribution < 1.29 is 14.3 Å². The molecule has 0 saturated heterocycles. The van der Waals surface area contributed by atoms with E-state index in [4.69, 9.17) is 9.47 Å². The van der Waals surface area contributed by atoms with Gasteiger partial charge >= 0.3 is 0 Å². The average molecular weight is 341 g/mol. The minimum Gasteiger partial charge on any atom is -0.484 e. The number of amides is 1. The number of ether oxygens (including phenoxy) is 2. The molecule has 1 unspecified atom stereocenters. The summed E-state index contributed by atoms with van der Waals surface area (Å²) in [6, 6.07) is 15.8. The maximum atomic E-state index is 12.0. The minimum atomic E-state index is -0.166. The summed E-state index contributed by atoms with van der Waals surface area (Å²) in [4.78, 5) is 12.0. The first kappa shape index (κ1) is 16.5. The zero-order valence-corrected chi connectivity index (χ0v) is 14.2. The molecule has 2 aromatic carbocycles. The first-order chi connectivity index (χ1) is 11.8. The Balaban J connectivity index is 1.51. The van der Waals surface area contributed by atoms with Crippen molar-refractivity contribution in [1.29, 1.82) is 0 Å². The zero-order valence-electron chi connectivity index (χ0n) is 13.4. The van der Waals surface area contributed by atoms with Gasteiger partial charge in [-0.3, -0.25) is 4.79 Å². The zero-order chi connectivity index (χ0) is 16.8. The molecule has 1 amide bonds. The van der Waals surface area contributed by atoms with Crippen LogP contribution in [0.15, 0.2) is 59.3 Å². The highest BCUT2D eigenvalue weighted by atomic mass is 32.1. The minimum absolute atomic E-state index is 0.0155. The molecule has 0 radical (unpaired) electrons. The van der Waals surface area contributed by atoms with E-state index < -0.39 is 0 Å². The Kier molecular flexibility index (Phi) is 5.46. The standard InChI is InChI=1S/C19H19NO3S/c1-22-18(16-8-9-24-13-16)11-20-19(21)12-23-17-7-6-14-4-2-3-5-15(14)10-17/h2-10,13,18H,11-12H2,1H3,(H,20,21). The molecular formula is C19H19NO3S. The molecule has 0 saturated carbocycles. The lowest BCUT2D eigenvalue weighted by molar-refractivity contribution is -0.123. The fraction of sp³-hybridized carbons (Fsp3) is 0.211. The number of rotatable bonds is 7. The second kappa shape index (κ2) is 7.95. The molecule has 1 N–H and O–H groups in total. The molecule has 3 aromatic rings. The smallest absolute Gasteiger partial charge is 0.258 e. The molecule has 0 aliphatic rings. The summed E-state index contributed by atoms with van der Waals surface area (Å²) in [5, 5.41) is 9.09. The number of thiophene rings is 1. The third-order valence-electron chi connectivity index (χ3n) is 3.77. The summed E-state index contributed by atoms with van der Waals surface area (Å²) in [6.07, 6.45) is -0.138. The Labute approximate surface area is 145 Å². The highest BCUT2D eigenvalue weighted by Gasteiger charge is 2.12. The van der Waals surface area contributed by atoms with E-state index >= 15 is 0 Å². The lowest BCUT2D eigenvalue weighted by Gasteiger charge is -2.15. The van der Waals surface area contributed by atoms with Gasteiger partial charge in [0.05, 0.1) is 0 Å². The molecule has 0 aliphatic heterocycles. The van der Waals surface area contributed by atoms with Crippen molar-refractivity contribution in [2.75, 3.05) is 20.3 Å². The molecule has 24 heavy (non-hydrogen) atoms. The number of fused-ring (bicyclic) bond motifs is 1. The molecule has 5 heteroatoms. The van der Waals surface area contributed by atoms with Gasteiger partial charge in [0.1, 0.15) is 11.9 Å². The van der Waals surface area contributed by atoms with Gasteiger partial charge in [-0.25, -0.2) is 0 Å². The van der Waals surface area contributed by atoms with Gasteiger partial charge in [-0.2, -0.15) is 11.3 Å². The van der Waals surface area contributed by atoms with E-state index in [2.05, 4.69) is 5.32 Å². The summed E-state index contributed by atoms with van der Waals surface area (Å²) in [5.41, 5.74) is 1.07. The summed E-state index contributed by atoms with van der Waals surface area (Å²) >= 11 is 1.61. The lowest BCUT2D eigenvalue weighted by Crippen LogP contribution is -2.32. The number of nitrogens with one attached hydrogen (secondary N) is 1. The molecule has 0 aliphatic carbocycles. The van der Waals surface area contributed by atoms with E-state index in [-0.39, 0.29) is 18.6 Å². The van der Waals surface area contributed by atoms with Crippen molar-refractivity contribution >= 4 is 28.0 Å². The van der Waals surface area contributed by atoms with E-state index in [0.717, 1.165) is 16.3 Å². The molecule has 0 bridgehead atoms. The second-order valence-electron chi connectivity index (χ2n) is 5.38. The van der Waals surface area contributed by atoms with E-state index in [9.17, 15) is 4.79 Å². The van der Waals surface area contributed by atoms with Crippen LogP contribution in [0.5, 0.6) is 5.75 Å². The van der Waals surface area contributed by atoms with E-state index in [1.165, 1.54) is 0 Å².